The first-order valence-corrected chi connectivity index (χ1v) is 9.76. The van der Waals surface area contributed by atoms with Gasteiger partial charge in [-0.05, 0) is 13.8 Å². The van der Waals surface area contributed by atoms with Crippen LogP contribution in [-0.4, -0.2) is 48.6 Å². The van der Waals surface area contributed by atoms with Crippen molar-refractivity contribution in [3.8, 4) is 0 Å². The van der Waals surface area contributed by atoms with Crippen LogP contribution in [0.15, 0.2) is 30.3 Å². The third kappa shape index (κ3) is 2.82. The van der Waals surface area contributed by atoms with Crippen molar-refractivity contribution >= 4 is 61.3 Å². The van der Waals surface area contributed by atoms with E-state index in [0.717, 1.165) is 0 Å². The summed E-state index contributed by atoms with van der Waals surface area (Å²) in [6.45, 7) is 3.45. The van der Waals surface area contributed by atoms with Gasteiger partial charge in [-0.25, -0.2) is 4.79 Å². The van der Waals surface area contributed by atoms with E-state index in [0.29, 0.717) is 5.56 Å². The third-order valence-electron chi connectivity index (χ3n) is 4.10. The molecule has 1 aromatic carbocycles. The number of nitrogens with zero attached hydrogens (tertiary/aromatic N) is 1. The van der Waals surface area contributed by atoms with Crippen molar-refractivity contribution in [3.05, 3.63) is 35.9 Å². The van der Waals surface area contributed by atoms with Crippen LogP contribution in [0.1, 0.15) is 24.2 Å². The predicted molar refractivity (Wildman–Crippen MR) is 98.4 cm³/mol. The second-order valence-electron chi connectivity index (χ2n) is 6.21. The van der Waals surface area contributed by atoms with E-state index in [9.17, 15) is 14.4 Å². The van der Waals surface area contributed by atoms with Crippen molar-refractivity contribution in [2.24, 2.45) is 0 Å². The largest absolute Gasteiger partial charge is 0.456 e. The van der Waals surface area contributed by atoms with Crippen LogP contribution in [0, 0.1) is 0 Å². The second-order valence-corrected chi connectivity index (χ2v) is 11.5. The Morgan fingerprint density at radius 3 is 2.50 bits per heavy atom. The van der Waals surface area contributed by atoms with Gasteiger partial charge in [0, 0.05) is 10.3 Å². The van der Waals surface area contributed by atoms with Gasteiger partial charge in [0.25, 0.3) is 5.91 Å². The molecule has 2 saturated heterocycles. The van der Waals surface area contributed by atoms with Crippen LogP contribution in [0.4, 0.5) is 0 Å². The average Bonchev–Trinajstić information content (AvgIpc) is 2.83. The summed E-state index contributed by atoms with van der Waals surface area (Å²) in [6.07, 6.45) is 0. The van der Waals surface area contributed by atoms with Crippen molar-refractivity contribution in [2.45, 2.75) is 33.2 Å². The summed E-state index contributed by atoms with van der Waals surface area (Å²) in [5.74, 6) is -1.03. The lowest BCUT2D eigenvalue weighted by atomic mass is 9.98. The van der Waals surface area contributed by atoms with Gasteiger partial charge < -0.3 is 9.64 Å². The molecule has 5 nitrogen and oxygen atoms in total. The van der Waals surface area contributed by atoms with Crippen molar-refractivity contribution in [3.63, 3.8) is 0 Å². The fourth-order valence-electron chi connectivity index (χ4n) is 2.88. The summed E-state index contributed by atoms with van der Waals surface area (Å²) in [7, 11) is 0. The van der Waals surface area contributed by atoms with Crippen LogP contribution in [0.25, 0.3) is 0 Å². The molecule has 2 aliphatic heterocycles. The van der Waals surface area contributed by atoms with Gasteiger partial charge in [0.05, 0.1) is 0 Å². The molecule has 0 aliphatic carbocycles. The number of amides is 1. The highest BCUT2D eigenvalue weighted by Crippen LogP contribution is 2.60. The summed E-state index contributed by atoms with van der Waals surface area (Å²) in [6, 6.07) is 7.94. The molecule has 0 aromatic heterocycles. The van der Waals surface area contributed by atoms with Gasteiger partial charge in [0.1, 0.15) is 11.4 Å². The molecule has 0 bridgehead atoms. The maximum absolute atomic E-state index is 12.5. The smallest absolute Gasteiger partial charge is 0.330 e. The molecule has 0 N–H and O–H groups in total. The van der Waals surface area contributed by atoms with Gasteiger partial charge in [-0.1, -0.05) is 62.2 Å². The Kier molecular flexibility index (Phi) is 4.59. The van der Waals surface area contributed by atoms with Crippen molar-refractivity contribution in [2.75, 3.05) is 6.61 Å². The standard InChI is InChI=1S/C16H15Br2NO4S/c1-15(2)11(19-13(22)16(17,18)14(19)24-15)12(21)23-8-10(20)9-6-4-3-5-7-9/h3-7,11,14H,8H2,1-2H3/t11-,14+/m0/s1. The Morgan fingerprint density at radius 2 is 1.88 bits per heavy atom. The van der Waals surface area contributed by atoms with Crippen molar-refractivity contribution in [1.29, 1.82) is 0 Å². The van der Waals surface area contributed by atoms with E-state index in [1.807, 2.05) is 19.9 Å². The highest BCUT2D eigenvalue weighted by Gasteiger charge is 2.70. The van der Waals surface area contributed by atoms with Crippen LogP contribution in [0.3, 0.4) is 0 Å². The van der Waals surface area contributed by atoms with Crippen LogP contribution >= 0.6 is 43.6 Å². The molecule has 2 aliphatic rings. The number of ketones is 1. The molecular formula is C16H15Br2NO4S. The zero-order valence-electron chi connectivity index (χ0n) is 13.0. The van der Waals surface area contributed by atoms with E-state index in [-0.39, 0.29) is 23.7 Å². The zero-order valence-corrected chi connectivity index (χ0v) is 17.0. The summed E-state index contributed by atoms with van der Waals surface area (Å²) >= 11 is 8.23. The first kappa shape index (κ1) is 17.9. The van der Waals surface area contributed by atoms with Crippen LogP contribution in [-0.2, 0) is 14.3 Å². The lowest BCUT2D eigenvalue weighted by Gasteiger charge is -2.46. The van der Waals surface area contributed by atoms with Gasteiger partial charge in [0.15, 0.2) is 15.6 Å². The normalized spacial score (nSPS) is 26.5. The number of hydrogen-bond acceptors (Lipinski definition) is 5. The third-order valence-corrected chi connectivity index (χ3v) is 7.89. The van der Waals surface area contributed by atoms with Gasteiger partial charge in [-0.3, -0.25) is 9.59 Å². The van der Waals surface area contributed by atoms with Gasteiger partial charge in [0.2, 0.25) is 0 Å². The molecule has 2 atom stereocenters. The molecule has 0 saturated carbocycles. The number of β-lactam (4-membered cyclic amide) rings is 1. The number of rotatable bonds is 4. The Balaban J connectivity index is 1.69. The molecule has 8 heteroatoms. The van der Waals surface area contributed by atoms with E-state index in [1.54, 1.807) is 24.3 Å². The van der Waals surface area contributed by atoms with Crippen molar-refractivity contribution in [1.82, 2.24) is 4.90 Å². The fourth-order valence-corrected chi connectivity index (χ4v) is 5.79. The number of carbonyl (C=O) groups is 3. The summed E-state index contributed by atoms with van der Waals surface area (Å²) < 4.78 is 3.88. The number of alkyl halides is 2. The minimum atomic E-state index is -0.836. The van der Waals surface area contributed by atoms with E-state index in [4.69, 9.17) is 4.74 Å². The van der Waals surface area contributed by atoms with Crippen LogP contribution in [0.5, 0.6) is 0 Å². The van der Waals surface area contributed by atoms with Crippen LogP contribution < -0.4 is 0 Å². The molecule has 128 valence electrons. The highest BCUT2D eigenvalue weighted by molar-refractivity contribution is 9.26. The number of benzene rings is 1. The number of fused-ring (bicyclic) bond motifs is 1. The summed E-state index contributed by atoms with van der Waals surface area (Å²) in [4.78, 5) is 38.4. The van der Waals surface area contributed by atoms with Gasteiger partial charge >= 0.3 is 5.97 Å². The van der Waals surface area contributed by atoms with Gasteiger partial charge in [-0.15, -0.1) is 11.8 Å². The molecule has 0 unspecified atom stereocenters. The lowest BCUT2D eigenvalue weighted by Crippen LogP contribution is -2.68. The number of esters is 1. The topological polar surface area (TPSA) is 63.7 Å². The summed E-state index contributed by atoms with van der Waals surface area (Å²) in [5, 5.41) is -0.192. The maximum atomic E-state index is 12.5. The Bertz CT molecular complexity index is 707. The SMILES string of the molecule is CC1(C)S[C@H]2N(C(=O)C2(Br)Br)[C@H]1C(=O)OCC(=O)c1ccccc1. The zero-order chi connectivity index (χ0) is 17.7. The Morgan fingerprint density at radius 1 is 1.25 bits per heavy atom. The maximum Gasteiger partial charge on any atom is 0.330 e. The van der Waals surface area contributed by atoms with Crippen molar-refractivity contribution < 1.29 is 19.1 Å². The number of ether oxygens (including phenoxy) is 1. The molecule has 24 heavy (non-hydrogen) atoms. The molecule has 1 amide bonds. The molecular weight excluding hydrogens is 462 g/mol. The monoisotopic (exact) mass is 475 g/mol. The lowest BCUT2D eigenvalue weighted by molar-refractivity contribution is -0.160. The van der Waals surface area contributed by atoms with E-state index >= 15 is 0 Å². The van der Waals surface area contributed by atoms with Gasteiger partial charge in [-0.2, -0.15) is 0 Å². The Hall–Kier alpha value is -0.860. The Labute approximate surface area is 160 Å². The first-order chi connectivity index (χ1) is 11.2. The number of halogens is 2. The quantitative estimate of drug-likeness (QED) is 0.289. The van der Waals surface area contributed by atoms with E-state index < -0.39 is 20.0 Å². The average molecular weight is 477 g/mol. The second kappa shape index (κ2) is 6.14. The van der Waals surface area contributed by atoms with Crippen LogP contribution in [0.2, 0.25) is 0 Å². The molecule has 2 heterocycles. The first-order valence-electron chi connectivity index (χ1n) is 7.29. The fraction of sp³-hybridized carbons (Fsp3) is 0.438. The molecule has 2 fully saturated rings. The molecule has 1 aromatic rings. The molecule has 0 spiro atoms. The highest BCUT2D eigenvalue weighted by atomic mass is 79.9. The number of thioether (sulfide) groups is 1. The van der Waals surface area contributed by atoms with E-state index in [2.05, 4.69) is 31.9 Å². The van der Waals surface area contributed by atoms with E-state index in [1.165, 1.54) is 16.7 Å². The minimum absolute atomic E-state index is 0.192. The number of hydrogen-bond donors (Lipinski definition) is 0. The number of Topliss-reactive ketones (excluding diaryl/α,β-unsaturated/α-hetero) is 1. The number of carbonyl (C=O) groups excluding carboxylic acids is 3. The molecule has 3 rings (SSSR count). The predicted octanol–water partition coefficient (Wildman–Crippen LogP) is 2.96. The molecule has 0 radical (unpaired) electrons. The summed E-state index contributed by atoms with van der Waals surface area (Å²) in [5.41, 5.74) is 0.489. The minimum Gasteiger partial charge on any atom is -0.456 e.